The molecule has 0 spiro atoms. The second kappa shape index (κ2) is 3.97. The van der Waals surface area contributed by atoms with Gasteiger partial charge in [-0.1, -0.05) is 18.2 Å². The molecule has 1 aromatic rings. The molecule has 1 aromatic carbocycles. The zero-order chi connectivity index (χ0) is 10.7. The van der Waals surface area contributed by atoms with Crippen molar-refractivity contribution in [2.45, 2.75) is 13.0 Å². The van der Waals surface area contributed by atoms with Crippen molar-refractivity contribution in [3.05, 3.63) is 47.7 Å². The van der Waals surface area contributed by atoms with Crippen LogP contribution < -0.4 is 0 Å². The van der Waals surface area contributed by atoms with Crippen LogP contribution in [0.5, 0.6) is 0 Å². The molecule has 0 unspecified atom stereocenters. The van der Waals surface area contributed by atoms with E-state index in [-0.39, 0.29) is 5.91 Å². The summed E-state index contributed by atoms with van der Waals surface area (Å²) >= 11 is 0. The van der Waals surface area contributed by atoms with Gasteiger partial charge in [0.15, 0.2) is 0 Å². The van der Waals surface area contributed by atoms with Crippen molar-refractivity contribution < 1.29 is 4.79 Å². The van der Waals surface area contributed by atoms with Crippen LogP contribution >= 0.6 is 0 Å². The van der Waals surface area contributed by atoms with E-state index < -0.39 is 0 Å². The second-order valence-electron chi connectivity index (χ2n) is 3.42. The van der Waals surface area contributed by atoms with Gasteiger partial charge < -0.3 is 4.90 Å². The largest absolute Gasteiger partial charge is 0.315 e. The highest BCUT2D eigenvalue weighted by Crippen LogP contribution is 2.13. The average Bonchev–Trinajstić information content (AvgIpc) is 2.65. The maximum atomic E-state index is 11.3. The highest BCUT2D eigenvalue weighted by molar-refractivity contribution is 5.81. The Morgan fingerprint density at radius 3 is 3.00 bits per heavy atom. The predicted octanol–water partition coefficient (Wildman–Crippen LogP) is 1.80. The lowest BCUT2D eigenvalue weighted by Gasteiger charge is -2.13. The summed E-state index contributed by atoms with van der Waals surface area (Å²) in [7, 11) is 0. The van der Waals surface area contributed by atoms with Gasteiger partial charge in [0, 0.05) is 12.6 Å². The van der Waals surface area contributed by atoms with Crippen molar-refractivity contribution in [2.75, 3.05) is 0 Å². The van der Waals surface area contributed by atoms with Gasteiger partial charge >= 0.3 is 0 Å². The predicted molar refractivity (Wildman–Crippen MR) is 55.5 cm³/mol. The number of amides is 1. The highest BCUT2D eigenvalue weighted by atomic mass is 16.2. The summed E-state index contributed by atoms with van der Waals surface area (Å²) in [5, 5.41) is 8.73. The van der Waals surface area contributed by atoms with Gasteiger partial charge in [-0.15, -0.1) is 0 Å². The van der Waals surface area contributed by atoms with Crippen LogP contribution in [0.15, 0.2) is 36.5 Å². The Bertz CT molecular complexity index is 457. The number of nitriles is 1. The molecule has 1 amide bonds. The molecule has 0 saturated carbocycles. The van der Waals surface area contributed by atoms with Crippen LogP contribution in [-0.2, 0) is 11.3 Å². The van der Waals surface area contributed by atoms with Crippen molar-refractivity contribution in [3.8, 4) is 6.07 Å². The number of carbonyl (C=O) groups is 1. The summed E-state index contributed by atoms with van der Waals surface area (Å²) in [5.74, 6) is 0.109. The van der Waals surface area contributed by atoms with Gasteiger partial charge in [0.2, 0.25) is 5.91 Å². The van der Waals surface area contributed by atoms with E-state index in [1.54, 1.807) is 23.2 Å². The molecule has 0 aromatic heterocycles. The molecule has 0 saturated heterocycles. The molecule has 74 valence electrons. The van der Waals surface area contributed by atoms with Crippen molar-refractivity contribution in [3.63, 3.8) is 0 Å². The molecule has 3 heteroatoms. The van der Waals surface area contributed by atoms with E-state index in [1.165, 1.54) is 0 Å². The number of benzene rings is 1. The molecule has 1 heterocycles. The Morgan fingerprint density at radius 2 is 2.33 bits per heavy atom. The fourth-order valence-electron chi connectivity index (χ4n) is 1.56. The van der Waals surface area contributed by atoms with Crippen LogP contribution in [0, 0.1) is 11.3 Å². The maximum Gasteiger partial charge on any atom is 0.230 e. The lowest BCUT2D eigenvalue weighted by atomic mass is 10.1. The minimum atomic E-state index is 0.109. The molecule has 1 aliphatic rings. The van der Waals surface area contributed by atoms with E-state index >= 15 is 0 Å². The Morgan fingerprint density at radius 1 is 1.47 bits per heavy atom. The SMILES string of the molecule is N#Cc1cccc(CN2C=CCC2=O)c1. The smallest absolute Gasteiger partial charge is 0.230 e. The van der Waals surface area contributed by atoms with Crippen molar-refractivity contribution in [1.29, 1.82) is 5.26 Å². The van der Waals surface area contributed by atoms with Gasteiger partial charge in [-0.25, -0.2) is 0 Å². The molecule has 0 bridgehead atoms. The van der Waals surface area contributed by atoms with Gasteiger partial charge in [0.05, 0.1) is 18.2 Å². The van der Waals surface area contributed by atoms with Crippen molar-refractivity contribution >= 4 is 5.91 Å². The standard InChI is InChI=1S/C12H10N2O/c13-8-10-3-1-4-11(7-10)9-14-6-2-5-12(14)15/h1-4,6-7H,5,9H2. The fourth-order valence-corrected chi connectivity index (χ4v) is 1.56. The van der Waals surface area contributed by atoms with Crippen LogP contribution in [-0.4, -0.2) is 10.8 Å². The van der Waals surface area contributed by atoms with Crippen molar-refractivity contribution in [2.24, 2.45) is 0 Å². The van der Waals surface area contributed by atoms with Gasteiger partial charge in [-0.05, 0) is 17.7 Å². The lowest BCUT2D eigenvalue weighted by Crippen LogP contribution is -2.20. The monoisotopic (exact) mass is 198 g/mol. The third-order valence-corrected chi connectivity index (χ3v) is 2.31. The van der Waals surface area contributed by atoms with Crippen LogP contribution in [0.1, 0.15) is 17.5 Å². The number of hydrogen-bond donors (Lipinski definition) is 0. The van der Waals surface area contributed by atoms with Gasteiger partial charge in [0.25, 0.3) is 0 Å². The number of hydrogen-bond acceptors (Lipinski definition) is 2. The summed E-state index contributed by atoms with van der Waals surface area (Å²) in [5.41, 5.74) is 1.61. The summed E-state index contributed by atoms with van der Waals surface area (Å²) in [6, 6.07) is 9.39. The van der Waals surface area contributed by atoms with Crippen LogP contribution in [0.3, 0.4) is 0 Å². The molecule has 1 aliphatic heterocycles. The number of carbonyl (C=O) groups excluding carboxylic acids is 1. The van der Waals surface area contributed by atoms with E-state index in [9.17, 15) is 4.79 Å². The van der Waals surface area contributed by atoms with E-state index in [0.29, 0.717) is 18.5 Å². The van der Waals surface area contributed by atoms with Crippen molar-refractivity contribution in [1.82, 2.24) is 4.90 Å². The highest BCUT2D eigenvalue weighted by Gasteiger charge is 2.14. The molecule has 15 heavy (non-hydrogen) atoms. The summed E-state index contributed by atoms with van der Waals surface area (Å²) in [6.07, 6.45) is 4.12. The Hall–Kier alpha value is -2.08. The Labute approximate surface area is 88.2 Å². The summed E-state index contributed by atoms with van der Waals surface area (Å²) < 4.78 is 0. The van der Waals surface area contributed by atoms with Gasteiger partial charge in [-0.2, -0.15) is 5.26 Å². The van der Waals surface area contributed by atoms with Crippen LogP contribution in [0.4, 0.5) is 0 Å². The quantitative estimate of drug-likeness (QED) is 0.727. The maximum absolute atomic E-state index is 11.3. The molecular formula is C12H10N2O. The molecule has 0 aliphatic carbocycles. The van der Waals surface area contributed by atoms with E-state index in [2.05, 4.69) is 6.07 Å². The second-order valence-corrected chi connectivity index (χ2v) is 3.42. The first-order chi connectivity index (χ1) is 7.29. The first kappa shape index (κ1) is 9.47. The molecule has 0 radical (unpaired) electrons. The zero-order valence-corrected chi connectivity index (χ0v) is 8.18. The molecule has 3 nitrogen and oxygen atoms in total. The Balaban J connectivity index is 2.14. The minimum absolute atomic E-state index is 0.109. The van der Waals surface area contributed by atoms with Crippen LogP contribution in [0.25, 0.3) is 0 Å². The average molecular weight is 198 g/mol. The Kier molecular flexibility index (Phi) is 2.51. The van der Waals surface area contributed by atoms with Gasteiger partial charge in [0.1, 0.15) is 0 Å². The fraction of sp³-hybridized carbons (Fsp3) is 0.167. The molecule has 0 fully saturated rings. The van der Waals surface area contributed by atoms with E-state index in [1.807, 2.05) is 18.2 Å². The lowest BCUT2D eigenvalue weighted by molar-refractivity contribution is -0.127. The van der Waals surface area contributed by atoms with Gasteiger partial charge in [-0.3, -0.25) is 4.79 Å². The molecule has 2 rings (SSSR count). The molecule has 0 N–H and O–H groups in total. The first-order valence-electron chi connectivity index (χ1n) is 4.75. The summed E-state index contributed by atoms with van der Waals surface area (Å²) in [4.78, 5) is 13.0. The molecule has 0 atom stereocenters. The topological polar surface area (TPSA) is 44.1 Å². The zero-order valence-electron chi connectivity index (χ0n) is 8.18. The van der Waals surface area contributed by atoms with Crippen LogP contribution in [0.2, 0.25) is 0 Å². The normalized spacial score (nSPS) is 14.3. The first-order valence-corrected chi connectivity index (χ1v) is 4.75. The number of rotatable bonds is 2. The third-order valence-electron chi connectivity index (χ3n) is 2.31. The minimum Gasteiger partial charge on any atom is -0.315 e. The molecular weight excluding hydrogens is 188 g/mol. The van der Waals surface area contributed by atoms with E-state index in [0.717, 1.165) is 5.56 Å². The number of nitrogens with zero attached hydrogens (tertiary/aromatic N) is 2. The third kappa shape index (κ3) is 2.05. The van der Waals surface area contributed by atoms with E-state index in [4.69, 9.17) is 5.26 Å². The summed E-state index contributed by atoms with van der Waals surface area (Å²) in [6.45, 7) is 0.546.